The molecule has 0 atom stereocenters. The molecule has 4 aromatic rings. The SMILES string of the molecule is CC(C)(C)c1nn(-c2ccc(F)cc2)c2[nH]c(=O)c(CNCCc3ccncc3)cc12. The van der Waals surface area contributed by atoms with Crippen LogP contribution in [0.25, 0.3) is 16.7 Å². The van der Waals surface area contributed by atoms with E-state index in [4.69, 9.17) is 5.10 Å². The van der Waals surface area contributed by atoms with Gasteiger partial charge in [0, 0.05) is 35.3 Å². The Morgan fingerprint density at radius 2 is 1.81 bits per heavy atom. The van der Waals surface area contributed by atoms with Gasteiger partial charge in [-0.1, -0.05) is 20.8 Å². The summed E-state index contributed by atoms with van der Waals surface area (Å²) in [4.78, 5) is 19.8. The molecule has 0 saturated carbocycles. The van der Waals surface area contributed by atoms with E-state index in [2.05, 4.69) is 36.1 Å². The second kappa shape index (κ2) is 8.43. The zero-order valence-corrected chi connectivity index (χ0v) is 17.9. The maximum atomic E-state index is 13.4. The number of nitrogens with one attached hydrogen (secondary N) is 2. The fourth-order valence-corrected chi connectivity index (χ4v) is 3.57. The number of aromatic amines is 1. The summed E-state index contributed by atoms with van der Waals surface area (Å²) in [6.07, 6.45) is 4.42. The Balaban J connectivity index is 1.65. The Bertz CT molecular complexity index is 1240. The number of nitrogens with zero attached hydrogens (tertiary/aromatic N) is 3. The number of hydrogen-bond acceptors (Lipinski definition) is 4. The summed E-state index contributed by atoms with van der Waals surface area (Å²) in [6, 6.07) is 12.0. The number of H-pyrrole nitrogens is 1. The summed E-state index contributed by atoms with van der Waals surface area (Å²) in [5, 5.41) is 9.02. The van der Waals surface area contributed by atoms with E-state index in [1.165, 1.54) is 17.7 Å². The molecule has 0 fully saturated rings. The van der Waals surface area contributed by atoms with Gasteiger partial charge in [-0.3, -0.25) is 9.78 Å². The molecule has 0 radical (unpaired) electrons. The molecule has 0 bridgehead atoms. The normalized spacial score (nSPS) is 11.9. The van der Waals surface area contributed by atoms with Crippen molar-refractivity contribution >= 4 is 11.0 Å². The van der Waals surface area contributed by atoms with Gasteiger partial charge in [0.1, 0.15) is 11.5 Å². The monoisotopic (exact) mass is 419 g/mol. The van der Waals surface area contributed by atoms with Crippen molar-refractivity contribution in [2.24, 2.45) is 0 Å². The molecule has 0 aliphatic carbocycles. The minimum absolute atomic E-state index is 0.160. The van der Waals surface area contributed by atoms with E-state index in [9.17, 15) is 9.18 Å². The number of aromatic nitrogens is 4. The van der Waals surface area contributed by atoms with Crippen molar-refractivity contribution in [1.29, 1.82) is 0 Å². The predicted octanol–water partition coefficient (Wildman–Crippen LogP) is 3.88. The molecule has 0 saturated heterocycles. The van der Waals surface area contributed by atoms with E-state index in [0.29, 0.717) is 23.4 Å². The van der Waals surface area contributed by atoms with Crippen molar-refractivity contribution in [3.05, 3.63) is 87.9 Å². The molecule has 0 amide bonds. The lowest BCUT2D eigenvalue weighted by molar-refractivity contribution is 0.564. The first-order chi connectivity index (χ1) is 14.8. The molecule has 3 heterocycles. The molecule has 0 spiro atoms. The molecular formula is C24H26FN5O. The predicted molar refractivity (Wildman–Crippen MR) is 120 cm³/mol. The van der Waals surface area contributed by atoms with Gasteiger partial charge in [-0.25, -0.2) is 9.07 Å². The zero-order valence-electron chi connectivity index (χ0n) is 17.9. The summed E-state index contributed by atoms with van der Waals surface area (Å²) >= 11 is 0. The average Bonchev–Trinajstić information content (AvgIpc) is 3.11. The largest absolute Gasteiger partial charge is 0.312 e. The topological polar surface area (TPSA) is 75.6 Å². The van der Waals surface area contributed by atoms with Crippen LogP contribution in [-0.2, 0) is 18.4 Å². The van der Waals surface area contributed by atoms with Gasteiger partial charge in [-0.15, -0.1) is 0 Å². The third-order valence-corrected chi connectivity index (χ3v) is 5.20. The van der Waals surface area contributed by atoms with Crippen LogP contribution in [0.2, 0.25) is 0 Å². The van der Waals surface area contributed by atoms with Gasteiger partial charge in [-0.2, -0.15) is 5.10 Å². The fraction of sp³-hybridized carbons (Fsp3) is 0.292. The first kappa shape index (κ1) is 20.9. The van der Waals surface area contributed by atoms with Gasteiger partial charge in [-0.05, 0) is 61.0 Å². The van der Waals surface area contributed by atoms with E-state index >= 15 is 0 Å². The van der Waals surface area contributed by atoms with Crippen molar-refractivity contribution < 1.29 is 4.39 Å². The second-order valence-electron chi connectivity index (χ2n) is 8.66. The molecular weight excluding hydrogens is 393 g/mol. The molecule has 31 heavy (non-hydrogen) atoms. The van der Waals surface area contributed by atoms with Crippen LogP contribution in [0, 0.1) is 5.82 Å². The Labute approximate surface area is 180 Å². The van der Waals surface area contributed by atoms with Crippen LogP contribution in [-0.4, -0.2) is 26.3 Å². The standard InChI is InChI=1S/C24H26FN5O/c1-24(2,3)21-20-14-17(15-27-13-10-16-8-11-26-12-9-16)23(31)28-22(20)30(29-21)19-6-4-18(25)5-7-19/h4-9,11-12,14,27H,10,13,15H2,1-3H3,(H,28,31). The van der Waals surface area contributed by atoms with E-state index in [-0.39, 0.29) is 16.8 Å². The fourth-order valence-electron chi connectivity index (χ4n) is 3.57. The van der Waals surface area contributed by atoms with E-state index in [0.717, 1.165) is 24.0 Å². The number of halogens is 1. The van der Waals surface area contributed by atoms with Crippen LogP contribution in [0.3, 0.4) is 0 Å². The third kappa shape index (κ3) is 4.56. The summed E-state index contributed by atoms with van der Waals surface area (Å²) in [7, 11) is 0. The van der Waals surface area contributed by atoms with Gasteiger partial charge in [0.25, 0.3) is 5.56 Å². The lowest BCUT2D eigenvalue weighted by atomic mass is 9.90. The van der Waals surface area contributed by atoms with E-state index < -0.39 is 0 Å². The first-order valence-corrected chi connectivity index (χ1v) is 10.3. The van der Waals surface area contributed by atoms with E-state index in [1.54, 1.807) is 29.2 Å². The molecule has 0 aliphatic rings. The maximum Gasteiger partial charge on any atom is 0.254 e. The van der Waals surface area contributed by atoms with Gasteiger partial charge in [0.05, 0.1) is 11.4 Å². The van der Waals surface area contributed by atoms with Gasteiger partial charge < -0.3 is 10.3 Å². The highest BCUT2D eigenvalue weighted by atomic mass is 19.1. The van der Waals surface area contributed by atoms with Crippen LogP contribution in [0.15, 0.2) is 59.7 Å². The molecule has 0 unspecified atom stereocenters. The molecule has 4 rings (SSSR count). The summed E-state index contributed by atoms with van der Waals surface area (Å²) in [5.41, 5.74) is 3.65. The molecule has 2 N–H and O–H groups in total. The van der Waals surface area contributed by atoms with Crippen molar-refractivity contribution in [3.63, 3.8) is 0 Å². The number of rotatable bonds is 6. The lowest BCUT2D eigenvalue weighted by Crippen LogP contribution is -2.23. The summed E-state index contributed by atoms with van der Waals surface area (Å²) in [6.45, 7) is 7.47. The third-order valence-electron chi connectivity index (χ3n) is 5.20. The van der Waals surface area contributed by atoms with Crippen molar-refractivity contribution in [2.45, 2.75) is 39.2 Å². The molecule has 0 aliphatic heterocycles. The highest BCUT2D eigenvalue weighted by molar-refractivity contribution is 5.81. The number of benzene rings is 1. The molecule has 1 aromatic carbocycles. The van der Waals surface area contributed by atoms with Gasteiger partial charge >= 0.3 is 0 Å². The van der Waals surface area contributed by atoms with Crippen LogP contribution in [0.5, 0.6) is 0 Å². The molecule has 3 aromatic heterocycles. The van der Waals surface area contributed by atoms with Crippen LogP contribution in [0.1, 0.15) is 37.6 Å². The molecule has 7 heteroatoms. The van der Waals surface area contributed by atoms with Gasteiger partial charge in [0.2, 0.25) is 0 Å². The minimum Gasteiger partial charge on any atom is -0.312 e. The van der Waals surface area contributed by atoms with Gasteiger partial charge in [0.15, 0.2) is 0 Å². The van der Waals surface area contributed by atoms with Crippen molar-refractivity contribution in [2.75, 3.05) is 6.54 Å². The average molecular weight is 420 g/mol. The Morgan fingerprint density at radius 3 is 2.48 bits per heavy atom. The number of hydrogen-bond donors (Lipinski definition) is 2. The van der Waals surface area contributed by atoms with Crippen LogP contribution < -0.4 is 10.9 Å². The minimum atomic E-state index is -0.315. The highest BCUT2D eigenvalue weighted by Crippen LogP contribution is 2.30. The van der Waals surface area contributed by atoms with Crippen LogP contribution in [0.4, 0.5) is 4.39 Å². The zero-order chi connectivity index (χ0) is 22.0. The summed E-state index contributed by atoms with van der Waals surface area (Å²) < 4.78 is 15.1. The summed E-state index contributed by atoms with van der Waals surface area (Å²) in [5.74, 6) is -0.315. The number of fused-ring (bicyclic) bond motifs is 1. The van der Waals surface area contributed by atoms with Crippen molar-refractivity contribution in [1.82, 2.24) is 25.1 Å². The maximum absolute atomic E-state index is 13.4. The Morgan fingerprint density at radius 1 is 1.10 bits per heavy atom. The first-order valence-electron chi connectivity index (χ1n) is 10.3. The smallest absolute Gasteiger partial charge is 0.254 e. The number of pyridine rings is 2. The molecule has 160 valence electrons. The van der Waals surface area contributed by atoms with Crippen molar-refractivity contribution in [3.8, 4) is 5.69 Å². The highest BCUT2D eigenvalue weighted by Gasteiger charge is 2.24. The quantitative estimate of drug-likeness (QED) is 0.465. The van der Waals surface area contributed by atoms with Crippen LogP contribution >= 0.6 is 0 Å². The lowest BCUT2D eigenvalue weighted by Gasteiger charge is -2.15. The molecule has 6 nitrogen and oxygen atoms in total. The van der Waals surface area contributed by atoms with E-state index in [1.807, 2.05) is 18.2 Å². The Hall–Kier alpha value is -3.32. The second-order valence-corrected chi connectivity index (χ2v) is 8.66. The Kier molecular flexibility index (Phi) is 5.69.